The minimum atomic E-state index is -1.12. The number of para-hydroxylation sites is 1. The van der Waals surface area contributed by atoms with Crippen molar-refractivity contribution in [2.45, 2.75) is 6.61 Å². The summed E-state index contributed by atoms with van der Waals surface area (Å²) in [6, 6.07) is 11.0. The molecule has 98 valence electrons. The number of phenols is 1. The average molecular weight is 279 g/mol. The van der Waals surface area contributed by atoms with Crippen molar-refractivity contribution in [1.29, 1.82) is 0 Å². The molecule has 0 bridgehead atoms. The third-order valence-corrected chi connectivity index (χ3v) is 2.86. The maximum atomic E-state index is 11.1. The molecule has 0 aliphatic heterocycles. The van der Waals surface area contributed by atoms with E-state index in [9.17, 15) is 9.90 Å². The standard InChI is InChI=1S/C14H11ClO4/c15-12-3-1-2-4-13(12)19-8-9-5-6-10(16)7-11(9)14(17)18/h1-7,16H,8H2,(H,17,18). The van der Waals surface area contributed by atoms with Gasteiger partial charge in [0, 0.05) is 5.56 Å². The van der Waals surface area contributed by atoms with Crippen LogP contribution in [0.2, 0.25) is 5.02 Å². The van der Waals surface area contributed by atoms with Crippen LogP contribution in [-0.2, 0) is 6.61 Å². The summed E-state index contributed by atoms with van der Waals surface area (Å²) in [4.78, 5) is 11.1. The molecule has 0 saturated heterocycles. The Morgan fingerprint density at radius 2 is 1.95 bits per heavy atom. The summed E-state index contributed by atoms with van der Waals surface area (Å²) in [5, 5.41) is 18.8. The molecular formula is C14H11ClO4. The molecule has 0 aromatic heterocycles. The molecule has 0 saturated carbocycles. The second-order valence-electron chi connectivity index (χ2n) is 3.87. The molecule has 0 fully saturated rings. The minimum Gasteiger partial charge on any atom is -0.508 e. The predicted octanol–water partition coefficient (Wildman–Crippen LogP) is 3.32. The number of halogens is 1. The molecule has 2 rings (SSSR count). The van der Waals surface area contributed by atoms with Crippen molar-refractivity contribution >= 4 is 17.6 Å². The van der Waals surface area contributed by atoms with E-state index in [4.69, 9.17) is 21.4 Å². The van der Waals surface area contributed by atoms with Crippen molar-refractivity contribution in [1.82, 2.24) is 0 Å². The van der Waals surface area contributed by atoms with Gasteiger partial charge in [-0.3, -0.25) is 0 Å². The molecular weight excluding hydrogens is 268 g/mol. The van der Waals surface area contributed by atoms with Gasteiger partial charge in [-0.05, 0) is 24.3 Å². The Morgan fingerprint density at radius 1 is 1.21 bits per heavy atom. The lowest BCUT2D eigenvalue weighted by molar-refractivity contribution is 0.0693. The number of phenolic OH excluding ortho intramolecular Hbond substituents is 1. The smallest absolute Gasteiger partial charge is 0.336 e. The monoisotopic (exact) mass is 278 g/mol. The number of carboxylic acids is 1. The van der Waals surface area contributed by atoms with Crippen LogP contribution < -0.4 is 4.74 Å². The van der Waals surface area contributed by atoms with Crippen LogP contribution in [0.3, 0.4) is 0 Å². The average Bonchev–Trinajstić information content (AvgIpc) is 2.38. The molecule has 0 aliphatic rings. The number of carboxylic acid groups (broad SMARTS) is 1. The van der Waals surface area contributed by atoms with E-state index in [-0.39, 0.29) is 17.9 Å². The molecule has 2 aromatic carbocycles. The van der Waals surface area contributed by atoms with Crippen LogP contribution in [0, 0.1) is 0 Å². The minimum absolute atomic E-state index is 0.00653. The molecule has 0 aliphatic carbocycles. The van der Waals surface area contributed by atoms with E-state index in [1.54, 1.807) is 24.3 Å². The summed E-state index contributed by atoms with van der Waals surface area (Å²) >= 11 is 5.94. The quantitative estimate of drug-likeness (QED) is 0.900. The number of aromatic carboxylic acids is 1. The number of hydrogen-bond acceptors (Lipinski definition) is 3. The maximum absolute atomic E-state index is 11.1. The van der Waals surface area contributed by atoms with Crippen molar-refractivity contribution in [3.63, 3.8) is 0 Å². The fraction of sp³-hybridized carbons (Fsp3) is 0.0714. The second kappa shape index (κ2) is 5.63. The first-order valence-electron chi connectivity index (χ1n) is 5.50. The van der Waals surface area contributed by atoms with Gasteiger partial charge >= 0.3 is 5.97 Å². The van der Waals surface area contributed by atoms with Crippen LogP contribution in [0.1, 0.15) is 15.9 Å². The number of benzene rings is 2. The number of carbonyl (C=O) groups is 1. The van der Waals surface area contributed by atoms with Crippen LogP contribution in [-0.4, -0.2) is 16.2 Å². The van der Waals surface area contributed by atoms with Gasteiger partial charge in [-0.1, -0.05) is 29.8 Å². The summed E-state index contributed by atoms with van der Waals surface area (Å²) in [5.41, 5.74) is 0.470. The van der Waals surface area contributed by atoms with Crippen molar-refractivity contribution in [3.05, 3.63) is 58.6 Å². The van der Waals surface area contributed by atoms with Crippen molar-refractivity contribution < 1.29 is 19.7 Å². The van der Waals surface area contributed by atoms with E-state index in [1.165, 1.54) is 18.2 Å². The molecule has 2 aromatic rings. The lowest BCUT2D eigenvalue weighted by atomic mass is 10.1. The Balaban J connectivity index is 2.20. The summed E-state index contributed by atoms with van der Waals surface area (Å²) in [7, 11) is 0. The summed E-state index contributed by atoms with van der Waals surface area (Å²) in [5.74, 6) is -0.735. The Labute approximate surface area is 114 Å². The third-order valence-electron chi connectivity index (χ3n) is 2.54. The van der Waals surface area contributed by atoms with E-state index in [1.807, 2.05) is 0 Å². The van der Waals surface area contributed by atoms with E-state index >= 15 is 0 Å². The molecule has 19 heavy (non-hydrogen) atoms. The highest BCUT2D eigenvalue weighted by atomic mass is 35.5. The number of rotatable bonds is 4. The fourth-order valence-corrected chi connectivity index (χ4v) is 1.80. The maximum Gasteiger partial charge on any atom is 0.336 e. The first-order valence-corrected chi connectivity index (χ1v) is 5.88. The number of aromatic hydroxyl groups is 1. The zero-order chi connectivity index (χ0) is 13.8. The third kappa shape index (κ3) is 3.17. The molecule has 0 heterocycles. The van der Waals surface area contributed by atoms with Gasteiger partial charge < -0.3 is 14.9 Å². The lowest BCUT2D eigenvalue weighted by Crippen LogP contribution is -2.05. The first kappa shape index (κ1) is 13.2. The Hall–Kier alpha value is -2.20. The van der Waals surface area contributed by atoms with Crippen LogP contribution in [0.25, 0.3) is 0 Å². The molecule has 4 nitrogen and oxygen atoms in total. The van der Waals surface area contributed by atoms with Gasteiger partial charge in [0.15, 0.2) is 0 Å². The Morgan fingerprint density at radius 3 is 2.63 bits per heavy atom. The van der Waals surface area contributed by atoms with Crippen LogP contribution in [0.4, 0.5) is 0 Å². The summed E-state index contributed by atoms with van der Waals surface area (Å²) in [6.07, 6.45) is 0. The van der Waals surface area contributed by atoms with Crippen molar-refractivity contribution in [3.8, 4) is 11.5 Å². The van der Waals surface area contributed by atoms with Crippen LogP contribution in [0.5, 0.6) is 11.5 Å². The first-order chi connectivity index (χ1) is 9.08. The molecule has 0 spiro atoms. The molecule has 5 heteroatoms. The highest BCUT2D eigenvalue weighted by molar-refractivity contribution is 6.32. The van der Waals surface area contributed by atoms with Gasteiger partial charge in [0.1, 0.15) is 18.1 Å². The molecule has 0 radical (unpaired) electrons. The second-order valence-corrected chi connectivity index (χ2v) is 4.27. The summed E-state index contributed by atoms with van der Waals surface area (Å²) < 4.78 is 5.48. The van der Waals surface area contributed by atoms with E-state index in [2.05, 4.69) is 0 Å². The van der Waals surface area contributed by atoms with Gasteiger partial charge in [0.2, 0.25) is 0 Å². The van der Waals surface area contributed by atoms with Crippen molar-refractivity contribution in [2.75, 3.05) is 0 Å². The van der Waals surface area contributed by atoms with Gasteiger partial charge in [-0.25, -0.2) is 4.79 Å². The van der Waals surface area contributed by atoms with Gasteiger partial charge in [0.05, 0.1) is 10.6 Å². The normalized spacial score (nSPS) is 10.2. The molecule has 0 amide bonds. The highest BCUT2D eigenvalue weighted by Crippen LogP contribution is 2.25. The van der Waals surface area contributed by atoms with E-state index in [0.29, 0.717) is 16.3 Å². The topological polar surface area (TPSA) is 66.8 Å². The molecule has 0 unspecified atom stereocenters. The largest absolute Gasteiger partial charge is 0.508 e. The molecule has 0 atom stereocenters. The highest BCUT2D eigenvalue weighted by Gasteiger charge is 2.12. The fourth-order valence-electron chi connectivity index (χ4n) is 1.61. The van der Waals surface area contributed by atoms with Gasteiger partial charge in [-0.2, -0.15) is 0 Å². The van der Waals surface area contributed by atoms with Gasteiger partial charge in [0.25, 0.3) is 0 Å². The lowest BCUT2D eigenvalue weighted by Gasteiger charge is -2.10. The Bertz CT molecular complexity index is 610. The zero-order valence-corrected chi connectivity index (χ0v) is 10.6. The number of ether oxygens (including phenoxy) is 1. The summed E-state index contributed by atoms with van der Waals surface area (Å²) in [6.45, 7) is 0.0612. The van der Waals surface area contributed by atoms with Crippen molar-refractivity contribution in [2.24, 2.45) is 0 Å². The SMILES string of the molecule is O=C(O)c1cc(O)ccc1COc1ccccc1Cl. The van der Waals surface area contributed by atoms with Crippen LogP contribution in [0.15, 0.2) is 42.5 Å². The number of hydrogen-bond donors (Lipinski definition) is 2. The molecule has 2 N–H and O–H groups in total. The van der Waals surface area contributed by atoms with Crippen LogP contribution >= 0.6 is 11.6 Å². The Kier molecular flexibility index (Phi) is 3.92. The van der Waals surface area contributed by atoms with Gasteiger partial charge in [-0.15, -0.1) is 0 Å². The van der Waals surface area contributed by atoms with E-state index in [0.717, 1.165) is 0 Å². The van der Waals surface area contributed by atoms with E-state index < -0.39 is 5.97 Å². The zero-order valence-electron chi connectivity index (χ0n) is 9.84. The predicted molar refractivity (Wildman–Crippen MR) is 70.9 cm³/mol.